The molecule has 2 atom stereocenters. The van der Waals surface area contributed by atoms with Crippen LogP contribution in [0.25, 0.3) is 0 Å². The van der Waals surface area contributed by atoms with Gasteiger partial charge in [0.15, 0.2) is 0 Å². The Morgan fingerprint density at radius 3 is 2.22 bits per heavy atom. The van der Waals surface area contributed by atoms with Crippen molar-refractivity contribution in [2.75, 3.05) is 4.90 Å². The van der Waals surface area contributed by atoms with Crippen LogP contribution in [-0.4, -0.2) is 11.8 Å². The number of hydrogen-bond donors (Lipinski definition) is 0. The minimum atomic E-state index is -0.196. The molecule has 18 heavy (non-hydrogen) atoms. The normalized spacial score (nSPS) is 24.4. The summed E-state index contributed by atoms with van der Waals surface area (Å²) in [4.78, 5) is 24.9. The highest BCUT2D eigenvalue weighted by Crippen LogP contribution is 2.48. The Morgan fingerprint density at radius 1 is 1.06 bits per heavy atom. The molecule has 2 aliphatic rings. The number of fused-ring (bicyclic) bond motifs is 1. The van der Waals surface area contributed by atoms with Crippen LogP contribution < -0.4 is 4.90 Å². The number of benzene rings is 1. The second kappa shape index (κ2) is 3.41. The fourth-order valence-corrected chi connectivity index (χ4v) is 2.30. The zero-order chi connectivity index (χ0) is 12.9. The topological polar surface area (TPSA) is 85.0 Å². The number of nitriles is 2. The van der Waals surface area contributed by atoms with Crippen molar-refractivity contribution >= 4 is 17.5 Å². The van der Waals surface area contributed by atoms with Gasteiger partial charge in [-0.05, 0) is 24.6 Å². The minimum absolute atomic E-state index is 0.168. The molecule has 2 amide bonds. The third-order valence-electron chi connectivity index (χ3n) is 3.37. The number of imide groups is 1. The molecule has 1 saturated heterocycles. The van der Waals surface area contributed by atoms with E-state index in [1.807, 2.05) is 12.1 Å². The molecule has 5 nitrogen and oxygen atoms in total. The van der Waals surface area contributed by atoms with Gasteiger partial charge in [0.05, 0.1) is 28.7 Å². The van der Waals surface area contributed by atoms with Crippen molar-refractivity contribution in [3.63, 3.8) is 0 Å². The van der Waals surface area contributed by atoms with Gasteiger partial charge in [-0.3, -0.25) is 14.5 Å². The van der Waals surface area contributed by atoms with Crippen LogP contribution in [0.4, 0.5) is 5.69 Å². The zero-order valence-electron chi connectivity index (χ0n) is 9.25. The lowest BCUT2D eigenvalue weighted by molar-refractivity contribution is -0.123. The van der Waals surface area contributed by atoms with Gasteiger partial charge in [0.1, 0.15) is 12.1 Å². The molecule has 5 heteroatoms. The minimum Gasteiger partial charge on any atom is -0.274 e. The monoisotopic (exact) mass is 237 g/mol. The maximum Gasteiger partial charge on any atom is 0.237 e. The van der Waals surface area contributed by atoms with Gasteiger partial charge in [0.25, 0.3) is 0 Å². The number of carbonyl (C=O) groups excluding carboxylic acids is 2. The second-order valence-corrected chi connectivity index (χ2v) is 4.41. The van der Waals surface area contributed by atoms with Crippen molar-refractivity contribution in [1.82, 2.24) is 0 Å². The van der Waals surface area contributed by atoms with E-state index < -0.39 is 0 Å². The summed E-state index contributed by atoms with van der Waals surface area (Å²) in [5, 5.41) is 17.7. The molecule has 86 valence electrons. The molecule has 0 bridgehead atoms. The van der Waals surface area contributed by atoms with E-state index in [0.717, 1.165) is 4.90 Å². The highest BCUT2D eigenvalue weighted by Gasteiger charge is 2.59. The third-order valence-corrected chi connectivity index (χ3v) is 3.37. The van der Waals surface area contributed by atoms with E-state index in [0.29, 0.717) is 12.1 Å². The lowest BCUT2D eigenvalue weighted by Crippen LogP contribution is -2.32. The Labute approximate surface area is 103 Å². The van der Waals surface area contributed by atoms with Crippen LogP contribution in [0.5, 0.6) is 0 Å². The Hall–Kier alpha value is -2.66. The van der Waals surface area contributed by atoms with E-state index in [-0.39, 0.29) is 34.8 Å². The fraction of sp³-hybridized carbons (Fsp3) is 0.231. The number of rotatable bonds is 1. The Balaban J connectivity index is 2.04. The van der Waals surface area contributed by atoms with Gasteiger partial charge in [-0.1, -0.05) is 0 Å². The standard InChI is InChI=1S/C13H7N3O2/c14-5-7-1-2-9(3-8(7)6-15)16-12(17)10-4-11(10)13(16)18/h1-3,10-11H,4H2. The van der Waals surface area contributed by atoms with Crippen molar-refractivity contribution in [3.05, 3.63) is 29.3 Å². The molecule has 1 aliphatic carbocycles. The molecule has 2 fully saturated rings. The van der Waals surface area contributed by atoms with Gasteiger partial charge in [-0.25, -0.2) is 0 Å². The summed E-state index contributed by atoms with van der Waals surface area (Å²) >= 11 is 0. The van der Waals surface area contributed by atoms with E-state index in [2.05, 4.69) is 0 Å². The number of anilines is 1. The van der Waals surface area contributed by atoms with Crippen LogP contribution in [0.1, 0.15) is 17.5 Å². The average Bonchev–Trinajstić information content (AvgIpc) is 3.14. The summed E-state index contributed by atoms with van der Waals surface area (Å²) in [7, 11) is 0. The summed E-state index contributed by atoms with van der Waals surface area (Å²) in [6, 6.07) is 8.18. The molecule has 1 saturated carbocycles. The molecule has 1 aromatic carbocycles. The van der Waals surface area contributed by atoms with Crippen molar-refractivity contribution in [2.45, 2.75) is 6.42 Å². The van der Waals surface area contributed by atoms with Crippen LogP contribution >= 0.6 is 0 Å². The predicted octanol–water partition coefficient (Wildman–Crippen LogP) is 0.939. The summed E-state index contributed by atoms with van der Waals surface area (Å²) < 4.78 is 0. The van der Waals surface area contributed by atoms with Crippen LogP contribution in [0, 0.1) is 34.5 Å². The first kappa shape index (κ1) is 10.5. The zero-order valence-corrected chi connectivity index (χ0v) is 9.25. The lowest BCUT2D eigenvalue weighted by atomic mass is 10.1. The highest BCUT2D eigenvalue weighted by molar-refractivity contribution is 6.24. The molecule has 1 aromatic rings. The summed E-state index contributed by atoms with van der Waals surface area (Å²) in [5.74, 6) is -0.727. The van der Waals surface area contributed by atoms with Gasteiger partial charge >= 0.3 is 0 Å². The molecule has 3 rings (SSSR count). The molecule has 1 heterocycles. The second-order valence-electron chi connectivity index (χ2n) is 4.41. The highest BCUT2D eigenvalue weighted by atomic mass is 16.2. The summed E-state index contributed by atoms with van der Waals surface area (Å²) in [6.07, 6.45) is 0.648. The molecular weight excluding hydrogens is 230 g/mol. The predicted molar refractivity (Wildman–Crippen MR) is 60.0 cm³/mol. The van der Waals surface area contributed by atoms with Crippen molar-refractivity contribution in [3.8, 4) is 12.1 Å². The van der Waals surface area contributed by atoms with E-state index in [9.17, 15) is 9.59 Å². The van der Waals surface area contributed by atoms with Crippen LogP contribution in [0.15, 0.2) is 18.2 Å². The van der Waals surface area contributed by atoms with Crippen molar-refractivity contribution < 1.29 is 9.59 Å². The van der Waals surface area contributed by atoms with Crippen molar-refractivity contribution in [2.24, 2.45) is 11.8 Å². The van der Waals surface area contributed by atoms with Crippen LogP contribution in [0.2, 0.25) is 0 Å². The maximum absolute atomic E-state index is 11.9. The number of piperidine rings is 1. The SMILES string of the molecule is N#Cc1ccc(N2C(=O)C3CC3C2=O)cc1C#N. The fourth-order valence-electron chi connectivity index (χ4n) is 2.30. The van der Waals surface area contributed by atoms with E-state index in [1.54, 1.807) is 0 Å². The van der Waals surface area contributed by atoms with E-state index >= 15 is 0 Å². The first-order valence-electron chi connectivity index (χ1n) is 5.49. The average molecular weight is 237 g/mol. The molecule has 0 N–H and O–H groups in total. The van der Waals surface area contributed by atoms with Gasteiger partial charge < -0.3 is 0 Å². The van der Waals surface area contributed by atoms with Crippen LogP contribution in [0.3, 0.4) is 0 Å². The third kappa shape index (κ3) is 1.25. The lowest BCUT2D eigenvalue weighted by Gasteiger charge is -2.16. The Kier molecular flexibility index (Phi) is 1.99. The number of amides is 2. The van der Waals surface area contributed by atoms with Gasteiger partial charge in [-0.15, -0.1) is 0 Å². The number of hydrogen-bond acceptors (Lipinski definition) is 4. The van der Waals surface area contributed by atoms with Crippen LogP contribution in [-0.2, 0) is 9.59 Å². The molecule has 2 unspecified atom stereocenters. The first-order chi connectivity index (χ1) is 8.67. The van der Waals surface area contributed by atoms with E-state index in [4.69, 9.17) is 10.5 Å². The molecular formula is C13H7N3O2. The molecule has 1 aliphatic heterocycles. The molecule has 0 aromatic heterocycles. The summed E-state index contributed by atoms with van der Waals surface area (Å²) in [6.45, 7) is 0. The van der Waals surface area contributed by atoms with Gasteiger partial charge in [0, 0.05) is 0 Å². The van der Waals surface area contributed by atoms with Gasteiger partial charge in [-0.2, -0.15) is 10.5 Å². The first-order valence-corrected chi connectivity index (χ1v) is 5.49. The van der Waals surface area contributed by atoms with Gasteiger partial charge in [0.2, 0.25) is 11.8 Å². The smallest absolute Gasteiger partial charge is 0.237 e. The number of nitrogens with zero attached hydrogens (tertiary/aromatic N) is 3. The summed E-state index contributed by atoms with van der Waals surface area (Å²) in [5.41, 5.74) is 0.800. The maximum atomic E-state index is 11.9. The van der Waals surface area contributed by atoms with E-state index in [1.165, 1.54) is 18.2 Å². The largest absolute Gasteiger partial charge is 0.274 e. The number of carbonyl (C=O) groups is 2. The quantitative estimate of drug-likeness (QED) is 0.680. The van der Waals surface area contributed by atoms with Crippen molar-refractivity contribution in [1.29, 1.82) is 10.5 Å². The molecule has 0 spiro atoms. The Bertz CT molecular complexity index is 646. The molecule has 0 radical (unpaired) electrons. The Morgan fingerprint density at radius 2 is 1.67 bits per heavy atom.